The molecule has 0 unspecified atom stereocenters. The summed E-state index contributed by atoms with van der Waals surface area (Å²) >= 11 is 0. The lowest BCUT2D eigenvalue weighted by Gasteiger charge is -2.49. The van der Waals surface area contributed by atoms with Crippen molar-refractivity contribution in [2.24, 2.45) is 0 Å². The number of anilines is 2. The van der Waals surface area contributed by atoms with Crippen LogP contribution in [0.2, 0.25) is 0 Å². The van der Waals surface area contributed by atoms with Crippen LogP contribution in [0.15, 0.2) is 67.3 Å². The van der Waals surface area contributed by atoms with E-state index in [-0.39, 0.29) is 5.41 Å². The predicted molar refractivity (Wildman–Crippen MR) is 107 cm³/mol. The molecule has 1 saturated heterocycles. The van der Waals surface area contributed by atoms with E-state index in [2.05, 4.69) is 55.1 Å². The van der Waals surface area contributed by atoms with E-state index in [9.17, 15) is 0 Å². The van der Waals surface area contributed by atoms with E-state index in [1.807, 2.05) is 36.9 Å². The normalized spacial score (nSPS) is 18.4. The third-order valence-corrected chi connectivity index (χ3v) is 6.01. The van der Waals surface area contributed by atoms with Crippen LogP contribution in [0.1, 0.15) is 24.0 Å². The number of aromatic nitrogens is 3. The van der Waals surface area contributed by atoms with Crippen LogP contribution < -0.4 is 9.80 Å². The number of hydrogen-bond acceptors (Lipinski definition) is 5. The predicted octanol–water partition coefficient (Wildman–Crippen LogP) is 3.43. The van der Waals surface area contributed by atoms with Crippen LogP contribution in [0.3, 0.4) is 0 Å². The Morgan fingerprint density at radius 2 is 1.63 bits per heavy atom. The van der Waals surface area contributed by atoms with Crippen LogP contribution in [-0.4, -0.2) is 34.6 Å². The zero-order chi connectivity index (χ0) is 18.1. The highest BCUT2D eigenvalue weighted by atomic mass is 15.3. The Morgan fingerprint density at radius 1 is 0.815 bits per heavy atom. The minimum Gasteiger partial charge on any atom is -0.365 e. The van der Waals surface area contributed by atoms with Crippen LogP contribution in [0, 0.1) is 0 Å². The number of nitrogens with zero attached hydrogens (tertiary/aromatic N) is 5. The number of piperidine rings is 1. The molecule has 0 bridgehead atoms. The molecule has 1 spiro atoms. The first-order chi connectivity index (χ1) is 13.3. The fourth-order valence-corrected chi connectivity index (χ4v) is 4.63. The average molecular weight is 357 g/mol. The molecule has 5 heteroatoms. The van der Waals surface area contributed by atoms with Gasteiger partial charge in [0.15, 0.2) is 0 Å². The Morgan fingerprint density at radius 3 is 2.41 bits per heavy atom. The lowest BCUT2D eigenvalue weighted by molar-refractivity contribution is 0.314. The van der Waals surface area contributed by atoms with E-state index in [1.165, 1.54) is 16.8 Å². The van der Waals surface area contributed by atoms with Crippen LogP contribution in [0.4, 0.5) is 11.6 Å². The molecule has 0 atom stereocenters. The van der Waals surface area contributed by atoms with Crippen molar-refractivity contribution in [3.63, 3.8) is 0 Å². The van der Waals surface area contributed by atoms with Gasteiger partial charge >= 0.3 is 0 Å². The lowest BCUT2D eigenvalue weighted by atomic mass is 9.69. The molecule has 1 fully saturated rings. The van der Waals surface area contributed by atoms with Crippen molar-refractivity contribution in [2.45, 2.75) is 24.8 Å². The summed E-state index contributed by atoms with van der Waals surface area (Å²) in [4.78, 5) is 18.0. The smallest absolute Gasteiger partial charge is 0.225 e. The molecule has 0 saturated carbocycles. The van der Waals surface area contributed by atoms with Gasteiger partial charge in [-0.25, -0.2) is 9.97 Å². The Hall–Kier alpha value is -2.95. The summed E-state index contributed by atoms with van der Waals surface area (Å²) in [6, 6.07) is 15.0. The molecule has 4 heterocycles. The quantitative estimate of drug-likeness (QED) is 0.703. The number of hydrogen-bond donors (Lipinski definition) is 0. The third kappa shape index (κ3) is 2.93. The van der Waals surface area contributed by atoms with E-state index in [0.717, 1.165) is 45.0 Å². The highest BCUT2D eigenvalue weighted by Gasteiger charge is 2.42. The van der Waals surface area contributed by atoms with E-state index >= 15 is 0 Å². The fraction of sp³-hybridized carbons (Fsp3) is 0.318. The first kappa shape index (κ1) is 16.2. The van der Waals surface area contributed by atoms with Crippen LogP contribution in [-0.2, 0) is 12.0 Å². The van der Waals surface area contributed by atoms with Gasteiger partial charge < -0.3 is 9.80 Å². The van der Waals surface area contributed by atoms with E-state index in [1.54, 1.807) is 0 Å². The molecule has 27 heavy (non-hydrogen) atoms. The van der Waals surface area contributed by atoms with Crippen molar-refractivity contribution in [3.05, 3.63) is 78.4 Å². The van der Waals surface area contributed by atoms with Gasteiger partial charge in [-0.15, -0.1) is 0 Å². The van der Waals surface area contributed by atoms with Crippen LogP contribution >= 0.6 is 0 Å². The molecule has 3 aromatic rings. The third-order valence-electron chi connectivity index (χ3n) is 6.01. The van der Waals surface area contributed by atoms with Crippen molar-refractivity contribution >= 4 is 11.6 Å². The largest absolute Gasteiger partial charge is 0.365 e. The Kier molecular flexibility index (Phi) is 4.00. The molecular weight excluding hydrogens is 334 g/mol. The topological polar surface area (TPSA) is 45.2 Å². The standard InChI is InChI=1S/C22H23N5/c1-2-7-20-18(5-1)16-27(19-6-3-10-23-15-19)17-22(20)8-13-26(14-9-22)21-24-11-4-12-25-21/h1-7,10-12,15H,8-9,13-14,16-17H2. The van der Waals surface area contributed by atoms with E-state index in [0.29, 0.717) is 0 Å². The van der Waals surface area contributed by atoms with Gasteiger partial charge in [0.2, 0.25) is 5.95 Å². The number of pyridine rings is 1. The van der Waals surface area contributed by atoms with Crippen LogP contribution in [0.5, 0.6) is 0 Å². The Labute approximate surface area is 159 Å². The molecule has 0 amide bonds. The van der Waals surface area contributed by atoms with Crippen molar-refractivity contribution in [1.29, 1.82) is 0 Å². The van der Waals surface area contributed by atoms with Gasteiger partial charge in [-0.2, -0.15) is 0 Å². The maximum atomic E-state index is 4.44. The molecule has 1 aromatic carbocycles. The molecule has 5 rings (SSSR count). The molecule has 2 aliphatic heterocycles. The Balaban J connectivity index is 1.46. The maximum Gasteiger partial charge on any atom is 0.225 e. The maximum absolute atomic E-state index is 4.44. The summed E-state index contributed by atoms with van der Waals surface area (Å²) < 4.78 is 0. The van der Waals surface area contributed by atoms with Crippen molar-refractivity contribution < 1.29 is 0 Å². The van der Waals surface area contributed by atoms with Gasteiger partial charge in [-0.1, -0.05) is 24.3 Å². The highest BCUT2D eigenvalue weighted by molar-refractivity contribution is 5.51. The number of rotatable bonds is 2. The second-order valence-corrected chi connectivity index (χ2v) is 7.54. The number of fused-ring (bicyclic) bond motifs is 2. The molecule has 0 N–H and O–H groups in total. The highest BCUT2D eigenvalue weighted by Crippen LogP contribution is 2.43. The molecular formula is C22H23N5. The summed E-state index contributed by atoms with van der Waals surface area (Å²) in [7, 11) is 0. The molecule has 2 aliphatic rings. The monoisotopic (exact) mass is 357 g/mol. The SMILES string of the molecule is c1cnc(N2CCC3(CC2)CN(c2cccnc2)Cc2ccccc23)nc1. The summed E-state index contributed by atoms with van der Waals surface area (Å²) in [5.74, 6) is 0.848. The van der Waals surface area contributed by atoms with Gasteiger partial charge in [-0.05, 0) is 42.2 Å². The van der Waals surface area contributed by atoms with E-state index < -0.39 is 0 Å². The van der Waals surface area contributed by atoms with Gasteiger partial charge in [0.05, 0.1) is 11.9 Å². The molecule has 2 aromatic heterocycles. The average Bonchev–Trinajstić information content (AvgIpc) is 2.76. The number of benzene rings is 1. The van der Waals surface area contributed by atoms with E-state index in [4.69, 9.17) is 0 Å². The second-order valence-electron chi connectivity index (χ2n) is 7.54. The Bertz CT molecular complexity index is 904. The first-order valence-electron chi connectivity index (χ1n) is 9.59. The van der Waals surface area contributed by atoms with Crippen molar-refractivity contribution in [3.8, 4) is 0 Å². The lowest BCUT2D eigenvalue weighted by Crippen LogP contribution is -2.52. The molecule has 0 aliphatic carbocycles. The van der Waals surface area contributed by atoms with Crippen molar-refractivity contribution in [1.82, 2.24) is 15.0 Å². The summed E-state index contributed by atoms with van der Waals surface area (Å²) in [5.41, 5.74) is 4.35. The zero-order valence-corrected chi connectivity index (χ0v) is 15.3. The first-order valence-corrected chi connectivity index (χ1v) is 9.59. The van der Waals surface area contributed by atoms with Gasteiger partial charge in [0, 0.05) is 50.2 Å². The minimum atomic E-state index is 0.177. The summed E-state index contributed by atoms with van der Waals surface area (Å²) in [6.07, 6.45) is 9.70. The summed E-state index contributed by atoms with van der Waals surface area (Å²) in [6.45, 7) is 3.97. The zero-order valence-electron chi connectivity index (χ0n) is 15.3. The summed E-state index contributed by atoms with van der Waals surface area (Å²) in [5, 5.41) is 0. The molecule has 5 nitrogen and oxygen atoms in total. The fourth-order valence-electron chi connectivity index (χ4n) is 4.63. The van der Waals surface area contributed by atoms with Crippen molar-refractivity contribution in [2.75, 3.05) is 29.4 Å². The van der Waals surface area contributed by atoms with Gasteiger partial charge in [-0.3, -0.25) is 4.98 Å². The second kappa shape index (κ2) is 6.65. The molecule has 136 valence electrons. The van der Waals surface area contributed by atoms with Crippen LogP contribution in [0.25, 0.3) is 0 Å². The minimum absolute atomic E-state index is 0.177. The van der Waals surface area contributed by atoms with Gasteiger partial charge in [0.25, 0.3) is 0 Å². The van der Waals surface area contributed by atoms with Gasteiger partial charge in [0.1, 0.15) is 0 Å². The molecule has 0 radical (unpaired) electrons.